The van der Waals surface area contributed by atoms with E-state index in [2.05, 4.69) is 71.4 Å². The molecule has 0 bridgehead atoms. The normalized spacial score (nSPS) is 17.8. The van der Waals surface area contributed by atoms with Gasteiger partial charge < -0.3 is 4.74 Å². The lowest BCUT2D eigenvalue weighted by Crippen LogP contribution is -2.52. The van der Waals surface area contributed by atoms with E-state index in [1.165, 1.54) is 20.9 Å². The molecule has 2 nitrogen and oxygen atoms in total. The highest BCUT2D eigenvalue weighted by Crippen LogP contribution is 2.65. The smallest absolute Gasteiger partial charge is 0.133 e. The van der Waals surface area contributed by atoms with Gasteiger partial charge in [-0.05, 0) is 73.0 Å². The van der Waals surface area contributed by atoms with Gasteiger partial charge in [0.05, 0.1) is 12.2 Å². The molecule has 0 aliphatic heterocycles. The van der Waals surface area contributed by atoms with E-state index in [1.807, 2.05) is 22.7 Å². The first-order valence-electron chi connectivity index (χ1n) is 12.0. The molecule has 3 rings (SSSR count). The summed E-state index contributed by atoms with van der Waals surface area (Å²) in [5, 5.41) is 4.49. The number of rotatable bonds is 12. The van der Waals surface area contributed by atoms with Crippen LogP contribution in [0.1, 0.15) is 98.1 Å². The van der Waals surface area contributed by atoms with Crippen molar-refractivity contribution in [3.63, 3.8) is 0 Å². The molecule has 0 aromatic carbocycles. The van der Waals surface area contributed by atoms with Crippen molar-refractivity contribution >= 4 is 28.5 Å². The zero-order valence-electron chi connectivity index (χ0n) is 20.5. The second-order valence-corrected chi connectivity index (χ2v) is 11.9. The number of hydrogen-bond donors (Lipinski definition) is 0. The molecule has 0 N–H and O–H groups in total. The maximum Gasteiger partial charge on any atom is 0.133 e. The molecular formula is C27H40O2S2. The molecule has 1 aliphatic carbocycles. The van der Waals surface area contributed by atoms with Crippen molar-refractivity contribution in [2.75, 3.05) is 6.61 Å². The Morgan fingerprint density at radius 3 is 2.03 bits per heavy atom. The number of carbonyl (C=O) groups excluding carboxylic acids is 1. The SMILES string of the molecule is CCCC(=O)CC(CC)C1(C(C)(CC)COC(C)(C)CC)c2ccsc2-c2sccc21. The predicted molar refractivity (Wildman–Crippen MR) is 135 cm³/mol. The van der Waals surface area contributed by atoms with Crippen LogP contribution in [-0.2, 0) is 14.9 Å². The molecule has 0 saturated carbocycles. The predicted octanol–water partition coefficient (Wildman–Crippen LogP) is 8.48. The fourth-order valence-electron chi connectivity index (χ4n) is 5.53. The van der Waals surface area contributed by atoms with Gasteiger partial charge in [0, 0.05) is 33.4 Å². The molecule has 0 radical (unpaired) electrons. The quantitative estimate of drug-likeness (QED) is 0.317. The minimum atomic E-state index is -0.186. The largest absolute Gasteiger partial charge is 0.375 e. The Bertz CT molecular complexity index is 850. The molecule has 1 aliphatic rings. The first-order chi connectivity index (χ1) is 14.7. The average Bonchev–Trinajstić information content (AvgIpc) is 3.45. The average molecular weight is 461 g/mol. The summed E-state index contributed by atoms with van der Waals surface area (Å²) in [6.07, 6.45) is 5.25. The summed E-state index contributed by atoms with van der Waals surface area (Å²) in [7, 11) is 0. The summed E-state index contributed by atoms with van der Waals surface area (Å²) in [5.74, 6) is 0.677. The Kier molecular flexibility index (Phi) is 7.55. The van der Waals surface area contributed by atoms with Crippen molar-refractivity contribution in [2.24, 2.45) is 11.3 Å². The van der Waals surface area contributed by atoms with Crippen LogP contribution in [0.5, 0.6) is 0 Å². The fourth-order valence-corrected chi connectivity index (χ4v) is 7.65. The highest BCUT2D eigenvalue weighted by atomic mass is 32.1. The summed E-state index contributed by atoms with van der Waals surface area (Å²) in [6, 6.07) is 4.69. The number of Topliss-reactive ketones (excluding diaryl/α,β-unsaturated/α-hetero) is 1. The van der Waals surface area contributed by atoms with Crippen molar-refractivity contribution in [1.82, 2.24) is 0 Å². The van der Waals surface area contributed by atoms with E-state index in [-0.39, 0.29) is 22.3 Å². The van der Waals surface area contributed by atoms with E-state index < -0.39 is 0 Å². The first kappa shape index (κ1) is 24.7. The maximum absolute atomic E-state index is 13.0. The van der Waals surface area contributed by atoms with E-state index in [0.717, 1.165) is 25.7 Å². The van der Waals surface area contributed by atoms with Crippen LogP contribution in [0.15, 0.2) is 22.9 Å². The Morgan fingerprint density at radius 2 is 1.58 bits per heavy atom. The third-order valence-electron chi connectivity index (χ3n) is 7.86. The molecule has 4 heteroatoms. The van der Waals surface area contributed by atoms with Crippen LogP contribution in [0.3, 0.4) is 0 Å². The van der Waals surface area contributed by atoms with E-state index >= 15 is 0 Å². The van der Waals surface area contributed by atoms with Gasteiger partial charge in [0.15, 0.2) is 0 Å². The van der Waals surface area contributed by atoms with E-state index in [9.17, 15) is 4.79 Å². The van der Waals surface area contributed by atoms with Crippen LogP contribution in [0.4, 0.5) is 0 Å². The van der Waals surface area contributed by atoms with Crippen LogP contribution in [0.2, 0.25) is 0 Å². The topological polar surface area (TPSA) is 26.3 Å². The van der Waals surface area contributed by atoms with Gasteiger partial charge in [0.25, 0.3) is 0 Å². The second-order valence-electron chi connectivity index (χ2n) is 10.0. The van der Waals surface area contributed by atoms with E-state index in [1.54, 1.807) is 0 Å². The van der Waals surface area contributed by atoms with Crippen LogP contribution in [0, 0.1) is 11.3 Å². The van der Waals surface area contributed by atoms with Gasteiger partial charge in [0.2, 0.25) is 0 Å². The summed E-state index contributed by atoms with van der Waals surface area (Å²) < 4.78 is 6.62. The standard InChI is InChI=1S/C27H40O2S2/c1-8-12-20(28)17-19(9-2)27(26(7,11-4)18-29-25(5,6)10-3)21-13-15-30-23(21)24-22(27)14-16-31-24/h13-16,19H,8-12,17-18H2,1-7H3. The lowest BCUT2D eigenvalue weighted by Gasteiger charge is -2.52. The molecule has 172 valence electrons. The molecular weight excluding hydrogens is 420 g/mol. The third kappa shape index (κ3) is 4.09. The monoisotopic (exact) mass is 460 g/mol. The number of fused-ring (bicyclic) bond motifs is 3. The zero-order valence-corrected chi connectivity index (χ0v) is 22.1. The minimum Gasteiger partial charge on any atom is -0.375 e. The van der Waals surface area contributed by atoms with E-state index in [4.69, 9.17) is 4.74 Å². The van der Waals surface area contributed by atoms with Crippen molar-refractivity contribution < 1.29 is 9.53 Å². The Hall–Kier alpha value is -0.970. The summed E-state index contributed by atoms with van der Waals surface area (Å²) >= 11 is 3.72. The van der Waals surface area contributed by atoms with Crippen LogP contribution >= 0.6 is 22.7 Å². The van der Waals surface area contributed by atoms with Gasteiger partial charge in [-0.25, -0.2) is 0 Å². The van der Waals surface area contributed by atoms with Gasteiger partial charge in [-0.3, -0.25) is 4.79 Å². The van der Waals surface area contributed by atoms with Crippen LogP contribution < -0.4 is 0 Å². The van der Waals surface area contributed by atoms with Gasteiger partial charge in [0.1, 0.15) is 5.78 Å². The summed E-state index contributed by atoms with van der Waals surface area (Å²) in [6.45, 7) is 16.4. The number of ketones is 1. The van der Waals surface area contributed by atoms with Crippen molar-refractivity contribution in [2.45, 2.75) is 98.0 Å². The summed E-state index contributed by atoms with van der Waals surface area (Å²) in [5.41, 5.74) is 2.45. The maximum atomic E-state index is 13.0. The van der Waals surface area contributed by atoms with Crippen molar-refractivity contribution in [1.29, 1.82) is 0 Å². The molecule has 2 atom stereocenters. The third-order valence-corrected chi connectivity index (χ3v) is 9.85. The number of thiophene rings is 2. The van der Waals surface area contributed by atoms with Gasteiger partial charge in [-0.15, -0.1) is 22.7 Å². The number of carbonyl (C=O) groups is 1. The fraction of sp³-hybridized carbons (Fsp3) is 0.667. The Labute approximate surface area is 197 Å². The molecule has 0 spiro atoms. The summed E-state index contributed by atoms with van der Waals surface area (Å²) in [4.78, 5) is 15.8. The number of hydrogen-bond acceptors (Lipinski definition) is 4. The second kappa shape index (κ2) is 9.49. The molecule has 2 aromatic rings. The lowest BCUT2D eigenvalue weighted by molar-refractivity contribution is -0.122. The molecule has 0 saturated heterocycles. The minimum absolute atomic E-state index is 0.102. The van der Waals surface area contributed by atoms with Gasteiger partial charge in [-0.2, -0.15) is 0 Å². The Morgan fingerprint density at radius 1 is 1.00 bits per heavy atom. The van der Waals surface area contributed by atoms with Crippen LogP contribution in [-0.4, -0.2) is 18.0 Å². The van der Waals surface area contributed by atoms with E-state index in [0.29, 0.717) is 25.2 Å². The molecule has 2 aromatic heterocycles. The zero-order chi connectivity index (χ0) is 22.9. The molecule has 0 fully saturated rings. The van der Waals surface area contributed by atoms with Crippen molar-refractivity contribution in [3.05, 3.63) is 34.0 Å². The lowest BCUT2D eigenvalue weighted by atomic mass is 9.52. The van der Waals surface area contributed by atoms with Crippen LogP contribution in [0.25, 0.3) is 9.75 Å². The van der Waals surface area contributed by atoms with Gasteiger partial charge >= 0.3 is 0 Å². The molecule has 0 amide bonds. The molecule has 2 heterocycles. The molecule has 31 heavy (non-hydrogen) atoms. The van der Waals surface area contributed by atoms with Crippen molar-refractivity contribution in [3.8, 4) is 9.75 Å². The Balaban J connectivity index is 2.20. The molecule has 2 unspecified atom stereocenters. The number of ether oxygens (including phenoxy) is 1. The van der Waals surface area contributed by atoms with Gasteiger partial charge in [-0.1, -0.05) is 41.0 Å². The highest BCUT2D eigenvalue weighted by Gasteiger charge is 2.59. The highest BCUT2D eigenvalue weighted by molar-refractivity contribution is 7.21. The first-order valence-corrected chi connectivity index (χ1v) is 13.8.